The summed E-state index contributed by atoms with van der Waals surface area (Å²) < 4.78 is 23.2. The molecule has 2 aromatic carbocycles. The van der Waals surface area contributed by atoms with Gasteiger partial charge in [0, 0.05) is 16.1 Å². The van der Waals surface area contributed by atoms with Gasteiger partial charge in [-0.1, -0.05) is 30.3 Å². The number of rotatable bonds is 1. The Bertz CT molecular complexity index is 660. The van der Waals surface area contributed by atoms with Crippen LogP contribution in [0.2, 0.25) is 0 Å². The third-order valence-electron chi connectivity index (χ3n) is 2.75. The van der Waals surface area contributed by atoms with E-state index in [0.29, 0.717) is 10.9 Å². The van der Waals surface area contributed by atoms with Crippen molar-refractivity contribution in [3.8, 4) is 0 Å². The van der Waals surface area contributed by atoms with Crippen LogP contribution in [0, 0.1) is 13.8 Å². The number of hydrogen-bond acceptors (Lipinski definition) is 2. The van der Waals surface area contributed by atoms with Crippen LogP contribution in [-0.4, -0.2) is 8.42 Å². The lowest BCUT2D eigenvalue weighted by atomic mass is 10.0. The minimum atomic E-state index is -3.71. The SMILES string of the molecule is Cc1cc2ccccc2c(S(=O)(=O)Cl)c1C. The highest BCUT2D eigenvalue weighted by atomic mass is 35.7. The average molecular weight is 255 g/mol. The van der Waals surface area contributed by atoms with Crippen LogP contribution in [0.15, 0.2) is 35.2 Å². The Labute approximate surface area is 99.3 Å². The lowest BCUT2D eigenvalue weighted by Crippen LogP contribution is -1.98. The number of fused-ring (bicyclic) bond motifs is 1. The maximum absolute atomic E-state index is 11.6. The summed E-state index contributed by atoms with van der Waals surface area (Å²) in [4.78, 5) is 0.227. The molecule has 0 aliphatic carbocycles. The molecule has 0 radical (unpaired) electrons. The van der Waals surface area contributed by atoms with Crippen molar-refractivity contribution in [1.29, 1.82) is 0 Å². The summed E-state index contributed by atoms with van der Waals surface area (Å²) in [5.41, 5.74) is 1.65. The van der Waals surface area contributed by atoms with E-state index in [0.717, 1.165) is 10.9 Å². The number of halogens is 1. The monoisotopic (exact) mass is 254 g/mol. The molecule has 0 bridgehead atoms. The van der Waals surface area contributed by atoms with Crippen LogP contribution in [0.3, 0.4) is 0 Å². The summed E-state index contributed by atoms with van der Waals surface area (Å²) in [6, 6.07) is 9.31. The predicted octanol–water partition coefficient (Wildman–Crippen LogP) is 3.38. The predicted molar refractivity (Wildman–Crippen MR) is 66.5 cm³/mol. The Hall–Kier alpha value is -1.06. The Kier molecular flexibility index (Phi) is 2.68. The number of aryl methyl sites for hydroxylation is 1. The molecule has 0 fully saturated rings. The van der Waals surface area contributed by atoms with E-state index < -0.39 is 9.05 Å². The van der Waals surface area contributed by atoms with Crippen molar-refractivity contribution < 1.29 is 8.42 Å². The molecule has 0 aromatic heterocycles. The molecular formula is C12H11ClO2S. The van der Waals surface area contributed by atoms with Crippen molar-refractivity contribution in [1.82, 2.24) is 0 Å². The van der Waals surface area contributed by atoms with E-state index >= 15 is 0 Å². The maximum atomic E-state index is 11.6. The van der Waals surface area contributed by atoms with Crippen molar-refractivity contribution in [3.05, 3.63) is 41.5 Å². The van der Waals surface area contributed by atoms with E-state index in [1.54, 1.807) is 13.0 Å². The normalized spacial score (nSPS) is 11.9. The second-order valence-electron chi connectivity index (χ2n) is 3.81. The van der Waals surface area contributed by atoms with Crippen molar-refractivity contribution in [2.45, 2.75) is 18.7 Å². The Morgan fingerprint density at radius 1 is 1.12 bits per heavy atom. The van der Waals surface area contributed by atoms with Crippen molar-refractivity contribution >= 4 is 30.5 Å². The highest BCUT2D eigenvalue weighted by Gasteiger charge is 2.18. The molecule has 2 aromatic rings. The first-order valence-electron chi connectivity index (χ1n) is 4.85. The molecule has 84 valence electrons. The van der Waals surface area contributed by atoms with Gasteiger partial charge in [0.1, 0.15) is 0 Å². The van der Waals surface area contributed by atoms with Gasteiger partial charge in [0.25, 0.3) is 9.05 Å². The fraction of sp³-hybridized carbons (Fsp3) is 0.167. The molecule has 0 atom stereocenters. The van der Waals surface area contributed by atoms with Gasteiger partial charge < -0.3 is 0 Å². The summed E-state index contributed by atoms with van der Waals surface area (Å²) in [7, 11) is 1.78. The summed E-state index contributed by atoms with van der Waals surface area (Å²) >= 11 is 0. The molecule has 0 N–H and O–H groups in total. The van der Waals surface area contributed by atoms with Crippen molar-refractivity contribution in [3.63, 3.8) is 0 Å². The number of benzene rings is 2. The van der Waals surface area contributed by atoms with E-state index in [1.807, 2.05) is 31.2 Å². The second-order valence-corrected chi connectivity index (χ2v) is 6.31. The van der Waals surface area contributed by atoms with Gasteiger partial charge >= 0.3 is 0 Å². The van der Waals surface area contributed by atoms with Gasteiger partial charge in [-0.15, -0.1) is 0 Å². The molecule has 0 unspecified atom stereocenters. The first-order chi connectivity index (χ1) is 7.41. The van der Waals surface area contributed by atoms with E-state index in [2.05, 4.69) is 0 Å². The van der Waals surface area contributed by atoms with Crippen LogP contribution in [-0.2, 0) is 9.05 Å². The topological polar surface area (TPSA) is 34.1 Å². The van der Waals surface area contributed by atoms with Gasteiger partial charge in [-0.25, -0.2) is 8.42 Å². The molecule has 0 saturated carbocycles. The van der Waals surface area contributed by atoms with E-state index in [9.17, 15) is 8.42 Å². The fourth-order valence-electron chi connectivity index (χ4n) is 1.87. The lowest BCUT2D eigenvalue weighted by molar-refractivity contribution is 0.610. The first-order valence-corrected chi connectivity index (χ1v) is 7.16. The lowest BCUT2D eigenvalue weighted by Gasteiger charge is -2.10. The fourth-order valence-corrected chi connectivity index (χ4v) is 3.44. The van der Waals surface area contributed by atoms with Crippen LogP contribution in [0.5, 0.6) is 0 Å². The summed E-state index contributed by atoms with van der Waals surface area (Å²) in [6.07, 6.45) is 0. The van der Waals surface area contributed by atoms with Gasteiger partial charge in [0.05, 0.1) is 4.90 Å². The van der Waals surface area contributed by atoms with Crippen molar-refractivity contribution in [2.75, 3.05) is 0 Å². The summed E-state index contributed by atoms with van der Waals surface area (Å²) in [5, 5.41) is 1.57. The molecule has 4 heteroatoms. The van der Waals surface area contributed by atoms with Crippen LogP contribution in [0.1, 0.15) is 11.1 Å². The number of hydrogen-bond donors (Lipinski definition) is 0. The molecule has 0 saturated heterocycles. The smallest absolute Gasteiger partial charge is 0.207 e. The zero-order valence-corrected chi connectivity index (χ0v) is 10.6. The molecule has 0 amide bonds. The maximum Gasteiger partial charge on any atom is 0.262 e. The highest BCUT2D eigenvalue weighted by Crippen LogP contribution is 2.31. The highest BCUT2D eigenvalue weighted by molar-refractivity contribution is 8.14. The van der Waals surface area contributed by atoms with Crippen LogP contribution in [0.4, 0.5) is 0 Å². The third kappa shape index (κ3) is 1.81. The van der Waals surface area contributed by atoms with Gasteiger partial charge in [0.2, 0.25) is 0 Å². The zero-order valence-electron chi connectivity index (χ0n) is 8.99. The molecule has 0 aliphatic rings. The van der Waals surface area contributed by atoms with Crippen LogP contribution < -0.4 is 0 Å². The Morgan fingerprint density at radius 3 is 2.38 bits per heavy atom. The van der Waals surface area contributed by atoms with E-state index in [1.165, 1.54) is 0 Å². The molecular weight excluding hydrogens is 244 g/mol. The van der Waals surface area contributed by atoms with Gasteiger partial charge in [-0.05, 0) is 30.4 Å². The van der Waals surface area contributed by atoms with Gasteiger partial charge in [-0.3, -0.25) is 0 Å². The van der Waals surface area contributed by atoms with E-state index in [-0.39, 0.29) is 4.90 Å². The van der Waals surface area contributed by atoms with Crippen molar-refractivity contribution in [2.24, 2.45) is 0 Å². The Balaban J connectivity index is 3.05. The molecule has 0 aliphatic heterocycles. The minimum Gasteiger partial charge on any atom is -0.207 e. The molecule has 16 heavy (non-hydrogen) atoms. The third-order valence-corrected chi connectivity index (χ3v) is 4.23. The largest absolute Gasteiger partial charge is 0.262 e. The van der Waals surface area contributed by atoms with E-state index in [4.69, 9.17) is 10.7 Å². The van der Waals surface area contributed by atoms with Crippen LogP contribution >= 0.6 is 10.7 Å². The zero-order chi connectivity index (χ0) is 11.9. The molecule has 2 rings (SSSR count). The molecule has 0 spiro atoms. The van der Waals surface area contributed by atoms with Crippen LogP contribution in [0.25, 0.3) is 10.8 Å². The summed E-state index contributed by atoms with van der Waals surface area (Å²) in [6.45, 7) is 3.66. The minimum absolute atomic E-state index is 0.227. The average Bonchev–Trinajstić information content (AvgIpc) is 2.17. The Morgan fingerprint density at radius 2 is 1.75 bits per heavy atom. The summed E-state index contributed by atoms with van der Waals surface area (Å²) in [5.74, 6) is 0. The van der Waals surface area contributed by atoms with Gasteiger partial charge in [0.15, 0.2) is 0 Å². The quantitative estimate of drug-likeness (QED) is 0.731. The van der Waals surface area contributed by atoms with Gasteiger partial charge in [-0.2, -0.15) is 0 Å². The second kappa shape index (κ2) is 3.75. The first kappa shape index (κ1) is 11.4. The molecule has 2 nitrogen and oxygen atoms in total. The standard InChI is InChI=1S/C12H11ClO2S/c1-8-7-10-5-3-4-6-11(10)12(9(8)2)16(13,14)15/h3-7H,1-2H3. The molecule has 0 heterocycles.